The van der Waals surface area contributed by atoms with Crippen molar-refractivity contribution in [2.45, 2.75) is 6.92 Å². The van der Waals surface area contributed by atoms with E-state index in [1.54, 1.807) is 25.1 Å². The summed E-state index contributed by atoms with van der Waals surface area (Å²) in [6.45, 7) is 1.83. The zero-order valence-corrected chi connectivity index (χ0v) is 10.2. The maximum atomic E-state index is 11.4. The number of aryl methyl sites for hydroxylation is 1. The van der Waals surface area contributed by atoms with E-state index in [4.69, 9.17) is 25.6 Å². The Balaban J connectivity index is 2.13. The molecule has 0 unspecified atom stereocenters. The Labute approximate surface area is 107 Å². The normalized spacial score (nSPS) is 12.8. The third-order valence-corrected chi connectivity index (χ3v) is 2.89. The first-order valence-electron chi connectivity index (χ1n) is 5.23. The largest absolute Gasteiger partial charge is 0.454 e. The Morgan fingerprint density at radius 3 is 2.89 bits per heavy atom. The number of aromatic nitrogens is 1. The van der Waals surface area contributed by atoms with Gasteiger partial charge in [0.2, 0.25) is 6.79 Å². The molecule has 0 aliphatic carbocycles. The summed E-state index contributed by atoms with van der Waals surface area (Å²) >= 11 is 5.53. The number of hydrogen-bond acceptors (Lipinski definition) is 5. The molecule has 0 bridgehead atoms. The fourth-order valence-electron chi connectivity index (χ4n) is 1.84. The van der Waals surface area contributed by atoms with E-state index in [9.17, 15) is 4.79 Å². The molecule has 18 heavy (non-hydrogen) atoms. The molecular formula is C12H8ClNO4. The highest BCUT2D eigenvalue weighted by Crippen LogP contribution is 2.37. The standard InChI is InChI=1S/C12H8ClNO4/c1-6-10(12(13)15)11(14-18-6)7-2-3-8-9(4-7)17-5-16-8/h2-4H,5H2,1H3. The van der Waals surface area contributed by atoms with Gasteiger partial charge in [0.05, 0.1) is 0 Å². The Morgan fingerprint density at radius 2 is 2.11 bits per heavy atom. The maximum absolute atomic E-state index is 11.4. The van der Waals surface area contributed by atoms with Crippen molar-refractivity contribution in [1.29, 1.82) is 0 Å². The van der Waals surface area contributed by atoms with Crippen LogP contribution in [0.4, 0.5) is 0 Å². The van der Waals surface area contributed by atoms with Crippen LogP contribution in [0.5, 0.6) is 11.5 Å². The van der Waals surface area contributed by atoms with Gasteiger partial charge in [-0.25, -0.2) is 0 Å². The van der Waals surface area contributed by atoms with E-state index in [-0.39, 0.29) is 12.4 Å². The summed E-state index contributed by atoms with van der Waals surface area (Å²) in [5.74, 6) is 1.67. The lowest BCUT2D eigenvalue weighted by molar-refractivity contribution is 0.108. The van der Waals surface area contributed by atoms with Crippen LogP contribution >= 0.6 is 11.6 Å². The highest BCUT2D eigenvalue weighted by molar-refractivity contribution is 6.68. The first-order chi connectivity index (χ1) is 8.66. The van der Waals surface area contributed by atoms with Crippen molar-refractivity contribution in [3.63, 3.8) is 0 Å². The van der Waals surface area contributed by atoms with Crippen molar-refractivity contribution in [2.24, 2.45) is 0 Å². The minimum atomic E-state index is -0.596. The van der Waals surface area contributed by atoms with Crippen molar-refractivity contribution < 1.29 is 18.8 Å². The molecule has 1 aliphatic heterocycles. The molecule has 0 amide bonds. The van der Waals surface area contributed by atoms with Crippen LogP contribution < -0.4 is 9.47 Å². The fraction of sp³-hybridized carbons (Fsp3) is 0.167. The second-order valence-corrected chi connectivity index (χ2v) is 4.15. The van der Waals surface area contributed by atoms with Crippen LogP contribution in [0.2, 0.25) is 0 Å². The summed E-state index contributed by atoms with van der Waals surface area (Å²) in [5.41, 5.74) is 1.38. The Hall–Kier alpha value is -2.01. The zero-order valence-electron chi connectivity index (χ0n) is 9.40. The number of ether oxygens (including phenoxy) is 2. The van der Waals surface area contributed by atoms with Gasteiger partial charge in [0.25, 0.3) is 5.24 Å². The number of rotatable bonds is 2. The molecule has 0 N–H and O–H groups in total. The van der Waals surface area contributed by atoms with Gasteiger partial charge in [-0.15, -0.1) is 0 Å². The minimum Gasteiger partial charge on any atom is -0.454 e. The molecule has 2 aromatic rings. The van der Waals surface area contributed by atoms with Crippen molar-refractivity contribution in [2.75, 3.05) is 6.79 Å². The molecule has 0 fully saturated rings. The smallest absolute Gasteiger partial charge is 0.258 e. The molecule has 5 nitrogen and oxygen atoms in total. The van der Waals surface area contributed by atoms with Gasteiger partial charge >= 0.3 is 0 Å². The summed E-state index contributed by atoms with van der Waals surface area (Å²) in [5, 5.41) is 3.26. The van der Waals surface area contributed by atoms with E-state index in [1.807, 2.05) is 0 Å². The summed E-state index contributed by atoms with van der Waals surface area (Å²) in [7, 11) is 0. The summed E-state index contributed by atoms with van der Waals surface area (Å²) in [6, 6.07) is 5.27. The van der Waals surface area contributed by atoms with Crippen molar-refractivity contribution in [3.05, 3.63) is 29.5 Å². The summed E-state index contributed by atoms with van der Waals surface area (Å²) < 4.78 is 15.5. The summed E-state index contributed by atoms with van der Waals surface area (Å²) in [4.78, 5) is 11.4. The van der Waals surface area contributed by atoms with Gasteiger partial charge < -0.3 is 14.0 Å². The molecule has 1 aromatic heterocycles. The first kappa shape index (κ1) is 11.1. The maximum Gasteiger partial charge on any atom is 0.258 e. The second-order valence-electron chi connectivity index (χ2n) is 3.80. The van der Waals surface area contributed by atoms with E-state index >= 15 is 0 Å². The highest BCUT2D eigenvalue weighted by atomic mass is 35.5. The van der Waals surface area contributed by atoms with Crippen LogP contribution in [0.15, 0.2) is 22.7 Å². The van der Waals surface area contributed by atoms with Crippen LogP contribution in [0.25, 0.3) is 11.3 Å². The van der Waals surface area contributed by atoms with Crippen LogP contribution in [0.3, 0.4) is 0 Å². The van der Waals surface area contributed by atoms with Gasteiger partial charge in [-0.3, -0.25) is 4.79 Å². The first-order valence-corrected chi connectivity index (χ1v) is 5.61. The van der Waals surface area contributed by atoms with Gasteiger partial charge in [-0.1, -0.05) is 5.16 Å². The van der Waals surface area contributed by atoms with Crippen LogP contribution in [0, 0.1) is 6.92 Å². The second kappa shape index (κ2) is 4.03. The van der Waals surface area contributed by atoms with E-state index < -0.39 is 5.24 Å². The highest BCUT2D eigenvalue weighted by Gasteiger charge is 2.22. The van der Waals surface area contributed by atoms with Gasteiger partial charge in [0.15, 0.2) is 11.5 Å². The predicted molar refractivity (Wildman–Crippen MR) is 63.0 cm³/mol. The fourth-order valence-corrected chi connectivity index (χ4v) is 2.07. The lowest BCUT2D eigenvalue weighted by Crippen LogP contribution is -1.93. The van der Waals surface area contributed by atoms with Crippen LogP contribution in [0.1, 0.15) is 16.1 Å². The van der Waals surface area contributed by atoms with Crippen LogP contribution in [-0.2, 0) is 0 Å². The average Bonchev–Trinajstić information content (AvgIpc) is 2.93. The lowest BCUT2D eigenvalue weighted by Gasteiger charge is -2.00. The number of hydrogen-bond donors (Lipinski definition) is 0. The van der Waals surface area contributed by atoms with E-state index in [2.05, 4.69) is 5.16 Å². The number of carbonyl (C=O) groups excluding carboxylic acids is 1. The molecule has 0 atom stereocenters. The van der Waals surface area contributed by atoms with E-state index in [0.29, 0.717) is 28.5 Å². The third kappa shape index (κ3) is 1.64. The Bertz CT molecular complexity index is 635. The molecule has 0 saturated heterocycles. The van der Waals surface area contributed by atoms with Gasteiger partial charge in [-0.05, 0) is 36.7 Å². The van der Waals surface area contributed by atoms with Gasteiger partial charge in [0, 0.05) is 5.56 Å². The molecule has 0 saturated carbocycles. The predicted octanol–water partition coefficient (Wildman–Crippen LogP) is 2.76. The quantitative estimate of drug-likeness (QED) is 0.782. The number of carbonyl (C=O) groups is 1. The van der Waals surface area contributed by atoms with Gasteiger partial charge in [0.1, 0.15) is 17.0 Å². The van der Waals surface area contributed by atoms with Gasteiger partial charge in [-0.2, -0.15) is 0 Å². The molecule has 2 heterocycles. The molecule has 6 heteroatoms. The molecule has 3 rings (SSSR count). The number of nitrogens with zero attached hydrogens (tertiary/aromatic N) is 1. The van der Waals surface area contributed by atoms with E-state index in [0.717, 1.165) is 0 Å². The molecule has 0 radical (unpaired) electrons. The Morgan fingerprint density at radius 1 is 1.33 bits per heavy atom. The SMILES string of the molecule is Cc1onc(-c2ccc3c(c2)OCO3)c1C(=O)Cl. The number of halogens is 1. The zero-order chi connectivity index (χ0) is 12.7. The lowest BCUT2D eigenvalue weighted by atomic mass is 10.1. The Kier molecular flexibility index (Phi) is 2.48. The summed E-state index contributed by atoms with van der Waals surface area (Å²) in [6.07, 6.45) is 0. The van der Waals surface area contributed by atoms with E-state index in [1.165, 1.54) is 0 Å². The van der Waals surface area contributed by atoms with Crippen molar-refractivity contribution in [3.8, 4) is 22.8 Å². The topological polar surface area (TPSA) is 61.6 Å². The number of benzene rings is 1. The molecule has 1 aromatic carbocycles. The van der Waals surface area contributed by atoms with Crippen molar-refractivity contribution >= 4 is 16.8 Å². The van der Waals surface area contributed by atoms with Crippen LogP contribution in [-0.4, -0.2) is 17.2 Å². The molecule has 0 spiro atoms. The average molecular weight is 266 g/mol. The monoisotopic (exact) mass is 265 g/mol. The van der Waals surface area contributed by atoms with Crippen molar-refractivity contribution in [1.82, 2.24) is 5.16 Å². The number of fused-ring (bicyclic) bond motifs is 1. The molecule has 92 valence electrons. The minimum absolute atomic E-state index is 0.192. The molecule has 1 aliphatic rings. The molecular weight excluding hydrogens is 258 g/mol. The third-order valence-electron chi connectivity index (χ3n) is 2.71.